The summed E-state index contributed by atoms with van der Waals surface area (Å²) >= 11 is 0. The van der Waals surface area contributed by atoms with E-state index in [1.54, 1.807) is 0 Å². The second-order valence-corrected chi connectivity index (χ2v) is 5.90. The first kappa shape index (κ1) is 12.9. The molecule has 0 spiro atoms. The van der Waals surface area contributed by atoms with Crippen molar-refractivity contribution in [3.63, 3.8) is 0 Å². The standard InChI is InChI=1S/C15H21NO2/c1-15(2,3)16-14(17)18-13-9-8-11-6-4-5-7-12(11)10-13/h8-10H,4-7H2,1-3H3,(H,16,17). The van der Waals surface area contributed by atoms with Crippen molar-refractivity contribution in [2.75, 3.05) is 0 Å². The fraction of sp³-hybridized carbons (Fsp3) is 0.533. The van der Waals surface area contributed by atoms with Crippen LogP contribution in [-0.4, -0.2) is 11.6 Å². The lowest BCUT2D eigenvalue weighted by Gasteiger charge is -2.20. The van der Waals surface area contributed by atoms with Crippen LogP contribution in [0.3, 0.4) is 0 Å². The first-order chi connectivity index (χ1) is 8.44. The van der Waals surface area contributed by atoms with Gasteiger partial charge < -0.3 is 10.1 Å². The zero-order valence-corrected chi connectivity index (χ0v) is 11.4. The highest BCUT2D eigenvalue weighted by Gasteiger charge is 2.16. The lowest BCUT2D eigenvalue weighted by Crippen LogP contribution is -2.42. The molecular weight excluding hydrogens is 226 g/mol. The number of fused-ring (bicyclic) bond motifs is 1. The number of benzene rings is 1. The summed E-state index contributed by atoms with van der Waals surface area (Å²) in [5.74, 6) is 0.636. The molecule has 0 aliphatic heterocycles. The van der Waals surface area contributed by atoms with Gasteiger partial charge in [0.25, 0.3) is 0 Å². The van der Waals surface area contributed by atoms with Gasteiger partial charge in [-0.3, -0.25) is 0 Å². The van der Waals surface area contributed by atoms with E-state index in [9.17, 15) is 4.79 Å². The zero-order valence-electron chi connectivity index (χ0n) is 11.4. The Morgan fingerprint density at radius 1 is 1.17 bits per heavy atom. The summed E-state index contributed by atoms with van der Waals surface area (Å²) in [4.78, 5) is 11.7. The molecule has 2 rings (SSSR count). The molecule has 0 saturated carbocycles. The Labute approximate surface area is 109 Å². The van der Waals surface area contributed by atoms with Gasteiger partial charge in [0, 0.05) is 5.54 Å². The van der Waals surface area contributed by atoms with Crippen LogP contribution in [0.5, 0.6) is 5.75 Å². The number of hydrogen-bond donors (Lipinski definition) is 1. The number of hydrogen-bond acceptors (Lipinski definition) is 2. The first-order valence-corrected chi connectivity index (χ1v) is 6.56. The molecule has 18 heavy (non-hydrogen) atoms. The molecule has 1 aliphatic rings. The van der Waals surface area contributed by atoms with Gasteiger partial charge in [-0.15, -0.1) is 0 Å². The van der Waals surface area contributed by atoms with Crippen LogP contribution in [-0.2, 0) is 12.8 Å². The van der Waals surface area contributed by atoms with E-state index >= 15 is 0 Å². The molecule has 1 aromatic rings. The minimum absolute atomic E-state index is 0.273. The quantitative estimate of drug-likeness (QED) is 0.825. The minimum Gasteiger partial charge on any atom is -0.410 e. The number of rotatable bonds is 1. The second kappa shape index (κ2) is 5.01. The summed E-state index contributed by atoms with van der Waals surface area (Å²) in [6, 6.07) is 5.96. The van der Waals surface area contributed by atoms with E-state index in [1.807, 2.05) is 32.9 Å². The van der Waals surface area contributed by atoms with Gasteiger partial charge in [0.2, 0.25) is 0 Å². The molecule has 3 nitrogen and oxygen atoms in total. The van der Waals surface area contributed by atoms with Crippen molar-refractivity contribution < 1.29 is 9.53 Å². The summed E-state index contributed by atoms with van der Waals surface area (Å²) in [6.45, 7) is 5.79. The molecule has 98 valence electrons. The van der Waals surface area contributed by atoms with Crippen LogP contribution in [0.2, 0.25) is 0 Å². The Hall–Kier alpha value is -1.51. The van der Waals surface area contributed by atoms with Gasteiger partial charge in [0.1, 0.15) is 5.75 Å². The third-order valence-electron chi connectivity index (χ3n) is 3.01. The Kier molecular flexibility index (Phi) is 3.60. The molecule has 0 radical (unpaired) electrons. The molecule has 1 amide bonds. The van der Waals surface area contributed by atoms with Gasteiger partial charge >= 0.3 is 6.09 Å². The van der Waals surface area contributed by atoms with E-state index in [1.165, 1.54) is 24.0 Å². The number of ether oxygens (including phenoxy) is 1. The zero-order chi connectivity index (χ0) is 13.2. The summed E-state index contributed by atoms with van der Waals surface area (Å²) in [5.41, 5.74) is 2.44. The van der Waals surface area contributed by atoms with E-state index in [0.29, 0.717) is 5.75 Å². The summed E-state index contributed by atoms with van der Waals surface area (Å²) < 4.78 is 5.31. The minimum atomic E-state index is -0.391. The highest BCUT2D eigenvalue weighted by molar-refractivity contribution is 5.71. The predicted octanol–water partition coefficient (Wildman–Crippen LogP) is 3.45. The summed E-state index contributed by atoms with van der Waals surface area (Å²) in [7, 11) is 0. The van der Waals surface area contributed by atoms with Crippen LogP contribution in [0, 0.1) is 0 Å². The Morgan fingerprint density at radius 3 is 2.50 bits per heavy atom. The van der Waals surface area contributed by atoms with Crippen LogP contribution in [0.15, 0.2) is 18.2 Å². The molecule has 0 fully saturated rings. The highest BCUT2D eigenvalue weighted by Crippen LogP contribution is 2.25. The second-order valence-electron chi connectivity index (χ2n) is 5.90. The Bertz CT molecular complexity index is 446. The molecule has 3 heteroatoms. The molecule has 0 saturated heterocycles. The molecule has 0 unspecified atom stereocenters. The van der Waals surface area contributed by atoms with Gasteiger partial charge in [-0.05, 0) is 69.7 Å². The Balaban J connectivity index is 2.04. The van der Waals surface area contributed by atoms with Crippen molar-refractivity contribution in [2.24, 2.45) is 0 Å². The smallest absolute Gasteiger partial charge is 0.410 e. The van der Waals surface area contributed by atoms with Gasteiger partial charge in [0.15, 0.2) is 0 Å². The van der Waals surface area contributed by atoms with E-state index in [0.717, 1.165) is 12.8 Å². The molecular formula is C15H21NO2. The normalized spacial score (nSPS) is 14.8. The molecule has 1 N–H and O–H groups in total. The molecule has 1 aromatic carbocycles. The number of carbonyl (C=O) groups is 1. The SMILES string of the molecule is CC(C)(C)NC(=O)Oc1ccc2c(c1)CCCC2. The lowest BCUT2D eigenvalue weighted by molar-refractivity contribution is 0.190. The van der Waals surface area contributed by atoms with Crippen LogP contribution in [0.25, 0.3) is 0 Å². The highest BCUT2D eigenvalue weighted by atomic mass is 16.6. The molecule has 0 aromatic heterocycles. The maximum Gasteiger partial charge on any atom is 0.413 e. The van der Waals surface area contributed by atoms with Crippen LogP contribution < -0.4 is 10.1 Å². The molecule has 1 aliphatic carbocycles. The van der Waals surface area contributed by atoms with Crippen molar-refractivity contribution in [1.82, 2.24) is 5.32 Å². The van der Waals surface area contributed by atoms with Crippen molar-refractivity contribution in [3.8, 4) is 5.75 Å². The van der Waals surface area contributed by atoms with E-state index in [-0.39, 0.29) is 5.54 Å². The van der Waals surface area contributed by atoms with Gasteiger partial charge in [-0.1, -0.05) is 6.07 Å². The van der Waals surface area contributed by atoms with E-state index < -0.39 is 6.09 Å². The fourth-order valence-corrected chi connectivity index (χ4v) is 2.21. The number of carbonyl (C=O) groups excluding carboxylic acids is 1. The van der Waals surface area contributed by atoms with Crippen molar-refractivity contribution in [2.45, 2.75) is 52.0 Å². The maximum absolute atomic E-state index is 11.7. The van der Waals surface area contributed by atoms with E-state index in [2.05, 4.69) is 11.4 Å². The molecule has 0 atom stereocenters. The number of amides is 1. The predicted molar refractivity (Wildman–Crippen MR) is 72.0 cm³/mol. The number of nitrogens with one attached hydrogen (secondary N) is 1. The number of aryl methyl sites for hydroxylation is 2. The third kappa shape index (κ3) is 3.49. The average molecular weight is 247 g/mol. The van der Waals surface area contributed by atoms with Crippen LogP contribution >= 0.6 is 0 Å². The van der Waals surface area contributed by atoms with E-state index in [4.69, 9.17) is 4.74 Å². The summed E-state index contributed by atoms with van der Waals surface area (Å²) in [5, 5.41) is 2.79. The fourth-order valence-electron chi connectivity index (χ4n) is 2.21. The Morgan fingerprint density at radius 2 is 1.83 bits per heavy atom. The lowest BCUT2D eigenvalue weighted by atomic mass is 9.92. The largest absolute Gasteiger partial charge is 0.413 e. The maximum atomic E-state index is 11.7. The van der Waals surface area contributed by atoms with Crippen LogP contribution in [0.1, 0.15) is 44.7 Å². The topological polar surface area (TPSA) is 38.3 Å². The van der Waals surface area contributed by atoms with Crippen molar-refractivity contribution in [1.29, 1.82) is 0 Å². The molecule has 0 heterocycles. The third-order valence-corrected chi connectivity index (χ3v) is 3.01. The summed E-state index contributed by atoms with van der Waals surface area (Å²) in [6.07, 6.45) is 4.33. The van der Waals surface area contributed by atoms with Crippen molar-refractivity contribution >= 4 is 6.09 Å². The van der Waals surface area contributed by atoms with Gasteiger partial charge in [0.05, 0.1) is 0 Å². The molecule has 0 bridgehead atoms. The van der Waals surface area contributed by atoms with Crippen molar-refractivity contribution in [3.05, 3.63) is 29.3 Å². The average Bonchev–Trinajstić information content (AvgIpc) is 2.26. The van der Waals surface area contributed by atoms with Gasteiger partial charge in [-0.2, -0.15) is 0 Å². The van der Waals surface area contributed by atoms with Gasteiger partial charge in [-0.25, -0.2) is 4.79 Å². The monoisotopic (exact) mass is 247 g/mol. The van der Waals surface area contributed by atoms with Crippen LogP contribution in [0.4, 0.5) is 4.79 Å². The first-order valence-electron chi connectivity index (χ1n) is 6.56.